The van der Waals surface area contributed by atoms with Crippen molar-refractivity contribution in [2.24, 2.45) is 10.7 Å². The molecule has 33 heavy (non-hydrogen) atoms. The minimum atomic E-state index is -0.330. The van der Waals surface area contributed by atoms with Gasteiger partial charge in [-0.1, -0.05) is 36.9 Å². The summed E-state index contributed by atoms with van der Waals surface area (Å²) in [4.78, 5) is 18.8. The summed E-state index contributed by atoms with van der Waals surface area (Å²) in [6, 6.07) is 5.86. The minimum Gasteiger partial charge on any atom is -0.501 e. The number of methoxy groups -OCH3 is 2. The number of esters is 1. The van der Waals surface area contributed by atoms with Crippen molar-refractivity contribution in [3.63, 3.8) is 0 Å². The van der Waals surface area contributed by atoms with Gasteiger partial charge in [0.2, 0.25) is 0 Å². The van der Waals surface area contributed by atoms with Crippen molar-refractivity contribution in [3.05, 3.63) is 66.0 Å². The predicted molar refractivity (Wildman–Crippen MR) is 134 cm³/mol. The van der Waals surface area contributed by atoms with Crippen molar-refractivity contribution in [2.75, 3.05) is 47.1 Å². The van der Waals surface area contributed by atoms with E-state index >= 15 is 0 Å². The molecular formula is C26H35N3O4. The second-order valence-corrected chi connectivity index (χ2v) is 7.43. The first-order chi connectivity index (χ1) is 16.1. The van der Waals surface area contributed by atoms with Crippen LogP contribution in [0.4, 0.5) is 0 Å². The molecule has 1 saturated heterocycles. The zero-order valence-corrected chi connectivity index (χ0v) is 19.9. The Hall–Kier alpha value is -3.16. The molecule has 2 rings (SSSR count). The average Bonchev–Trinajstić information content (AvgIpc) is 2.80. The van der Waals surface area contributed by atoms with E-state index in [1.165, 1.54) is 13.5 Å². The molecule has 0 bridgehead atoms. The van der Waals surface area contributed by atoms with Crippen molar-refractivity contribution in [1.82, 2.24) is 4.90 Å². The molecule has 0 aromatic heterocycles. The lowest BCUT2D eigenvalue weighted by atomic mass is 9.96. The number of nitrogens with two attached hydrogens (primary N) is 1. The lowest BCUT2D eigenvalue weighted by molar-refractivity contribution is -0.139. The van der Waals surface area contributed by atoms with Crippen LogP contribution in [0.1, 0.15) is 30.9 Å². The zero-order valence-electron chi connectivity index (χ0n) is 19.9. The van der Waals surface area contributed by atoms with E-state index in [-0.39, 0.29) is 12.4 Å². The molecule has 7 heteroatoms. The van der Waals surface area contributed by atoms with Gasteiger partial charge in [-0.15, -0.1) is 0 Å². The van der Waals surface area contributed by atoms with Crippen LogP contribution in [0, 0.1) is 0 Å². The van der Waals surface area contributed by atoms with Crippen LogP contribution in [-0.2, 0) is 14.3 Å². The van der Waals surface area contributed by atoms with E-state index in [4.69, 9.17) is 24.9 Å². The fourth-order valence-electron chi connectivity index (χ4n) is 3.24. The van der Waals surface area contributed by atoms with Gasteiger partial charge in [-0.3, -0.25) is 14.7 Å². The molecule has 1 aromatic rings. The molecule has 178 valence electrons. The number of allylic oxidation sites excluding steroid dienone is 3. The minimum absolute atomic E-state index is 0.123. The Bertz CT molecular complexity index is 927. The van der Waals surface area contributed by atoms with E-state index in [2.05, 4.69) is 11.5 Å². The topological polar surface area (TPSA) is 86.4 Å². The van der Waals surface area contributed by atoms with Crippen molar-refractivity contribution >= 4 is 23.3 Å². The molecule has 0 amide bonds. The van der Waals surface area contributed by atoms with E-state index in [9.17, 15) is 4.79 Å². The van der Waals surface area contributed by atoms with E-state index in [1.807, 2.05) is 43.4 Å². The number of hydrogen-bond donors (Lipinski definition) is 1. The fourth-order valence-corrected chi connectivity index (χ4v) is 3.24. The first-order valence-electron chi connectivity index (χ1n) is 11.1. The number of carbonyl (C=O) groups excluding carboxylic acids is 1. The number of carbonyl (C=O) groups is 1. The van der Waals surface area contributed by atoms with Gasteiger partial charge in [0.25, 0.3) is 0 Å². The molecule has 0 unspecified atom stereocenters. The fraction of sp³-hybridized carbons (Fsp3) is 0.385. The largest absolute Gasteiger partial charge is 0.501 e. The quantitative estimate of drug-likeness (QED) is 0.211. The van der Waals surface area contributed by atoms with Crippen LogP contribution in [-0.4, -0.2) is 63.7 Å². The summed E-state index contributed by atoms with van der Waals surface area (Å²) < 4.78 is 15.8. The van der Waals surface area contributed by atoms with Crippen LogP contribution in [0.25, 0.3) is 11.6 Å². The molecule has 0 saturated carbocycles. The maximum atomic E-state index is 11.7. The monoisotopic (exact) mass is 453 g/mol. The van der Waals surface area contributed by atoms with Crippen LogP contribution >= 0.6 is 0 Å². The van der Waals surface area contributed by atoms with Crippen molar-refractivity contribution in [1.29, 1.82) is 0 Å². The smallest absolute Gasteiger partial charge is 0.310 e. The third-order valence-corrected chi connectivity index (χ3v) is 5.18. The molecule has 0 radical (unpaired) electrons. The zero-order chi connectivity index (χ0) is 24.1. The van der Waals surface area contributed by atoms with E-state index in [1.54, 1.807) is 19.4 Å². The van der Waals surface area contributed by atoms with E-state index in [0.29, 0.717) is 31.1 Å². The molecule has 2 N–H and O–H groups in total. The Morgan fingerprint density at radius 2 is 2.09 bits per heavy atom. The normalized spacial score (nSPS) is 15.3. The molecule has 0 spiro atoms. The van der Waals surface area contributed by atoms with Crippen LogP contribution < -0.4 is 10.5 Å². The van der Waals surface area contributed by atoms with Gasteiger partial charge in [-0.05, 0) is 36.6 Å². The Morgan fingerprint density at radius 1 is 1.30 bits per heavy atom. The third-order valence-electron chi connectivity index (χ3n) is 5.18. The second-order valence-electron chi connectivity index (χ2n) is 7.43. The number of likely N-dealkylation sites (tertiary alicyclic amines) is 1. The molecule has 1 aliphatic heterocycles. The summed E-state index contributed by atoms with van der Waals surface area (Å²) >= 11 is 0. The van der Waals surface area contributed by atoms with Gasteiger partial charge in [-0.2, -0.15) is 0 Å². The number of ether oxygens (including phenoxy) is 3. The van der Waals surface area contributed by atoms with Crippen LogP contribution in [0.5, 0.6) is 5.75 Å². The highest BCUT2D eigenvalue weighted by Crippen LogP contribution is 2.29. The highest BCUT2D eigenvalue weighted by Gasteiger charge is 2.16. The summed E-state index contributed by atoms with van der Waals surface area (Å²) in [6.45, 7) is 9.32. The first kappa shape index (κ1) is 26.1. The summed E-state index contributed by atoms with van der Waals surface area (Å²) in [6.07, 6.45) is 10.3. The Morgan fingerprint density at radius 3 is 2.67 bits per heavy atom. The van der Waals surface area contributed by atoms with Gasteiger partial charge in [-0.25, -0.2) is 0 Å². The molecule has 1 fully saturated rings. The van der Waals surface area contributed by atoms with Crippen LogP contribution in [0.3, 0.4) is 0 Å². The summed E-state index contributed by atoms with van der Waals surface area (Å²) in [5.74, 6) is 0.383. The van der Waals surface area contributed by atoms with Gasteiger partial charge in [0.1, 0.15) is 5.75 Å². The Balaban J connectivity index is 2.39. The van der Waals surface area contributed by atoms with E-state index < -0.39 is 0 Å². The first-order valence-corrected chi connectivity index (χ1v) is 11.1. The van der Waals surface area contributed by atoms with Crippen LogP contribution in [0.15, 0.2) is 59.8 Å². The van der Waals surface area contributed by atoms with Crippen molar-refractivity contribution < 1.29 is 19.0 Å². The highest BCUT2D eigenvalue weighted by molar-refractivity contribution is 6.25. The summed E-state index contributed by atoms with van der Waals surface area (Å²) in [5.41, 5.74) is 10.3. The van der Waals surface area contributed by atoms with Gasteiger partial charge in [0, 0.05) is 30.8 Å². The standard InChI is InChI=1S/C26H35N3O4/c1-5-8-22(24(17-27)28-19-29-13-7-14-29)23-15-20(11-12-25(23)31-3)9-10-21(18-33-6-2)16-26(30)32-4/h5,8-12,15,18H,1,6-7,13-14,16-17,19,27H2,2-4H3/b10-9+,21-18+,22-8-,28-24-. The molecule has 7 nitrogen and oxygen atoms in total. The lowest BCUT2D eigenvalue weighted by Crippen LogP contribution is -2.37. The molecule has 1 heterocycles. The molecule has 1 aromatic carbocycles. The van der Waals surface area contributed by atoms with Gasteiger partial charge < -0.3 is 19.9 Å². The second kappa shape index (κ2) is 14.1. The highest BCUT2D eigenvalue weighted by atomic mass is 16.5. The molecule has 1 aliphatic rings. The van der Waals surface area contributed by atoms with E-state index in [0.717, 1.165) is 35.5 Å². The van der Waals surface area contributed by atoms with Crippen LogP contribution in [0.2, 0.25) is 0 Å². The average molecular weight is 454 g/mol. The molecular weight excluding hydrogens is 418 g/mol. The number of hydrogen-bond acceptors (Lipinski definition) is 7. The number of benzene rings is 1. The van der Waals surface area contributed by atoms with Gasteiger partial charge >= 0.3 is 5.97 Å². The SMILES string of the molecule is C=C/C=C(\C(CN)=N/CN1CCC1)c1cc(/C=C/C(=C\OCC)CC(=O)OC)ccc1OC. The Kier molecular flexibility index (Phi) is 11.1. The predicted octanol–water partition coefficient (Wildman–Crippen LogP) is 3.82. The summed E-state index contributed by atoms with van der Waals surface area (Å²) in [5, 5.41) is 0. The Labute approximate surface area is 196 Å². The number of rotatable bonds is 13. The number of aliphatic imine (C=N–C) groups is 1. The maximum absolute atomic E-state index is 11.7. The third kappa shape index (κ3) is 8.04. The van der Waals surface area contributed by atoms with Gasteiger partial charge in [0.15, 0.2) is 0 Å². The van der Waals surface area contributed by atoms with Gasteiger partial charge in [0.05, 0.1) is 45.9 Å². The lowest BCUT2D eigenvalue weighted by Gasteiger charge is -2.29. The summed E-state index contributed by atoms with van der Waals surface area (Å²) in [7, 11) is 3.00. The van der Waals surface area contributed by atoms with Crippen molar-refractivity contribution in [2.45, 2.75) is 19.8 Å². The van der Waals surface area contributed by atoms with Crippen molar-refractivity contribution in [3.8, 4) is 5.75 Å². The maximum Gasteiger partial charge on any atom is 0.310 e. The molecule has 0 aliphatic carbocycles. The number of nitrogens with zero attached hydrogens (tertiary/aromatic N) is 2. The molecule has 0 atom stereocenters.